The topological polar surface area (TPSA) is 113 Å². The second-order valence-corrected chi connectivity index (χ2v) is 8.41. The Balaban J connectivity index is 1.60. The zero-order valence-corrected chi connectivity index (χ0v) is 19.4. The predicted octanol–water partition coefficient (Wildman–Crippen LogP) is 2.63. The highest BCUT2D eigenvalue weighted by molar-refractivity contribution is 5.74. The summed E-state index contributed by atoms with van der Waals surface area (Å²) in [7, 11) is 1.79. The third-order valence-electron chi connectivity index (χ3n) is 5.42. The van der Waals surface area contributed by atoms with Gasteiger partial charge in [0.05, 0.1) is 13.2 Å². The van der Waals surface area contributed by atoms with Crippen LogP contribution in [0.5, 0.6) is 5.75 Å². The van der Waals surface area contributed by atoms with Crippen LogP contribution in [0.1, 0.15) is 30.4 Å². The number of ether oxygens (including phenoxy) is 1. The number of nitrogens with zero attached hydrogens (tertiary/aromatic N) is 4. The first kappa shape index (κ1) is 26.2. The van der Waals surface area contributed by atoms with Crippen molar-refractivity contribution in [3.63, 3.8) is 0 Å². The van der Waals surface area contributed by atoms with E-state index in [0.29, 0.717) is 31.7 Å². The number of rotatable bonds is 13. The molecule has 1 heterocycles. The minimum Gasteiger partial charge on any atom is -0.494 e. The molecule has 0 aliphatic rings. The van der Waals surface area contributed by atoms with Crippen molar-refractivity contribution >= 4 is 5.91 Å². The van der Waals surface area contributed by atoms with Crippen molar-refractivity contribution in [3.8, 4) is 5.75 Å². The van der Waals surface area contributed by atoms with E-state index in [0.717, 1.165) is 17.7 Å². The van der Waals surface area contributed by atoms with Gasteiger partial charge in [0.15, 0.2) is 0 Å². The van der Waals surface area contributed by atoms with Crippen molar-refractivity contribution in [2.75, 3.05) is 20.2 Å². The molecule has 1 amide bonds. The zero-order valence-electron chi connectivity index (χ0n) is 19.4. The lowest BCUT2D eigenvalue weighted by Crippen LogP contribution is -2.43. The quantitative estimate of drug-likeness (QED) is 0.192. The number of hydroxylamine groups is 1. The largest absolute Gasteiger partial charge is 0.494 e. The van der Waals surface area contributed by atoms with E-state index in [1.54, 1.807) is 12.5 Å². The number of aromatic nitrogens is 3. The zero-order chi connectivity index (χ0) is 25.3. The summed E-state index contributed by atoms with van der Waals surface area (Å²) < 4.78 is 35.1. The van der Waals surface area contributed by atoms with E-state index in [9.17, 15) is 18.7 Å². The molecule has 188 valence electrons. The van der Waals surface area contributed by atoms with Crippen molar-refractivity contribution in [2.45, 2.75) is 38.0 Å². The molecule has 35 heavy (non-hydrogen) atoms. The molecule has 1 aromatic heterocycles. The van der Waals surface area contributed by atoms with Crippen LogP contribution in [0.25, 0.3) is 0 Å². The molecule has 9 nitrogen and oxygen atoms in total. The second kappa shape index (κ2) is 12.3. The SMILES string of the molecule is CN(Cc1ccc(OCCCCC(=O)NO)cc1)CC(O)(Cn1cncn1)c1ccc(F)cc1F. The molecule has 0 saturated heterocycles. The van der Waals surface area contributed by atoms with Gasteiger partial charge in [0, 0.05) is 31.1 Å². The van der Waals surface area contributed by atoms with Gasteiger partial charge in [-0.1, -0.05) is 18.2 Å². The van der Waals surface area contributed by atoms with Gasteiger partial charge in [0.25, 0.3) is 0 Å². The number of unbranched alkanes of at least 4 members (excludes halogenated alkanes) is 1. The molecular weight excluding hydrogens is 460 g/mol. The van der Waals surface area contributed by atoms with Gasteiger partial charge in [-0.15, -0.1) is 0 Å². The fourth-order valence-electron chi connectivity index (χ4n) is 3.81. The van der Waals surface area contributed by atoms with Crippen LogP contribution >= 0.6 is 0 Å². The Morgan fingerprint density at radius 2 is 1.97 bits per heavy atom. The molecule has 0 spiro atoms. The molecule has 0 fully saturated rings. The van der Waals surface area contributed by atoms with E-state index < -0.39 is 23.1 Å². The van der Waals surface area contributed by atoms with Gasteiger partial charge in [0.2, 0.25) is 5.91 Å². The van der Waals surface area contributed by atoms with E-state index in [1.807, 2.05) is 29.2 Å². The molecule has 3 N–H and O–H groups in total. The summed E-state index contributed by atoms with van der Waals surface area (Å²) in [5.74, 6) is -1.30. The normalized spacial score (nSPS) is 13.0. The van der Waals surface area contributed by atoms with Gasteiger partial charge in [-0.25, -0.2) is 23.9 Å². The van der Waals surface area contributed by atoms with Crippen molar-refractivity contribution in [3.05, 3.63) is 77.9 Å². The highest BCUT2D eigenvalue weighted by Crippen LogP contribution is 2.28. The van der Waals surface area contributed by atoms with Gasteiger partial charge in [-0.05, 0) is 43.7 Å². The highest BCUT2D eigenvalue weighted by Gasteiger charge is 2.34. The molecule has 1 unspecified atom stereocenters. The van der Waals surface area contributed by atoms with Gasteiger partial charge in [0.1, 0.15) is 35.6 Å². The first-order valence-electron chi connectivity index (χ1n) is 11.1. The molecular formula is C24H29F2N5O4. The number of benzene rings is 2. The van der Waals surface area contributed by atoms with Crippen LogP contribution in [0.4, 0.5) is 8.78 Å². The van der Waals surface area contributed by atoms with Crippen LogP contribution in [0.2, 0.25) is 0 Å². The smallest absolute Gasteiger partial charge is 0.243 e. The average molecular weight is 490 g/mol. The molecule has 0 bridgehead atoms. The van der Waals surface area contributed by atoms with Gasteiger partial charge in [-0.3, -0.25) is 14.9 Å². The number of nitrogens with one attached hydrogen (secondary N) is 1. The van der Waals surface area contributed by atoms with Crippen molar-refractivity contribution in [1.82, 2.24) is 25.1 Å². The molecule has 0 aliphatic heterocycles. The maximum Gasteiger partial charge on any atom is 0.243 e. The molecule has 11 heteroatoms. The minimum atomic E-state index is -1.68. The van der Waals surface area contributed by atoms with E-state index in [-0.39, 0.29) is 25.1 Å². The summed E-state index contributed by atoms with van der Waals surface area (Å²) in [5, 5.41) is 23.9. The summed E-state index contributed by atoms with van der Waals surface area (Å²) in [6.45, 7) is 0.886. The monoisotopic (exact) mass is 489 g/mol. The van der Waals surface area contributed by atoms with Crippen molar-refractivity contribution < 1.29 is 28.6 Å². The van der Waals surface area contributed by atoms with Crippen LogP contribution < -0.4 is 10.2 Å². The number of carbonyl (C=O) groups excluding carboxylic acids is 1. The van der Waals surface area contributed by atoms with Crippen molar-refractivity contribution in [1.29, 1.82) is 0 Å². The third-order valence-corrected chi connectivity index (χ3v) is 5.42. The lowest BCUT2D eigenvalue weighted by atomic mass is 9.92. The Kier molecular flexibility index (Phi) is 9.24. The lowest BCUT2D eigenvalue weighted by Gasteiger charge is -2.33. The Labute approximate surface area is 201 Å². The number of likely N-dealkylation sites (N-methyl/N-ethyl adjacent to an activating group) is 1. The molecule has 1 atom stereocenters. The summed E-state index contributed by atoms with van der Waals surface area (Å²) in [4.78, 5) is 16.7. The Hall–Kier alpha value is -3.41. The maximum atomic E-state index is 14.6. The Morgan fingerprint density at radius 3 is 2.63 bits per heavy atom. The first-order valence-corrected chi connectivity index (χ1v) is 11.1. The molecule has 2 aromatic carbocycles. The lowest BCUT2D eigenvalue weighted by molar-refractivity contribution is -0.129. The fourth-order valence-corrected chi connectivity index (χ4v) is 3.81. The fraction of sp³-hybridized carbons (Fsp3) is 0.375. The van der Waals surface area contributed by atoms with Crippen LogP contribution in [0.15, 0.2) is 55.1 Å². The van der Waals surface area contributed by atoms with Crippen LogP contribution in [0, 0.1) is 11.6 Å². The minimum absolute atomic E-state index is 0.0264. The van der Waals surface area contributed by atoms with Crippen LogP contribution in [-0.2, 0) is 23.5 Å². The van der Waals surface area contributed by atoms with Crippen LogP contribution in [0.3, 0.4) is 0 Å². The standard InChI is InChI=1S/C24H29F2N5O4/c1-30(13-18-5-8-20(9-6-18)35-11-3-2-4-23(32)29-34)14-24(33,15-31-17-27-16-28-31)21-10-7-19(25)12-22(21)26/h5-10,12,16-17,33-34H,2-4,11,13-15H2,1H3,(H,29,32). The predicted molar refractivity (Wildman–Crippen MR) is 122 cm³/mol. The number of hydrogen-bond donors (Lipinski definition) is 3. The summed E-state index contributed by atoms with van der Waals surface area (Å²) in [5.41, 5.74) is 0.830. The molecule has 3 rings (SSSR count). The molecule has 0 aliphatic carbocycles. The summed E-state index contributed by atoms with van der Waals surface area (Å²) in [6, 6.07) is 10.5. The Morgan fingerprint density at radius 1 is 1.20 bits per heavy atom. The number of aliphatic hydroxyl groups is 1. The molecule has 0 saturated carbocycles. The summed E-state index contributed by atoms with van der Waals surface area (Å²) >= 11 is 0. The number of halogens is 2. The number of carbonyl (C=O) groups is 1. The van der Waals surface area contributed by atoms with Gasteiger partial charge in [-0.2, -0.15) is 5.10 Å². The van der Waals surface area contributed by atoms with Gasteiger partial charge < -0.3 is 9.84 Å². The maximum absolute atomic E-state index is 14.6. The highest BCUT2D eigenvalue weighted by atomic mass is 19.1. The number of amides is 1. The van der Waals surface area contributed by atoms with E-state index in [1.165, 1.54) is 23.4 Å². The van der Waals surface area contributed by atoms with E-state index >= 15 is 0 Å². The van der Waals surface area contributed by atoms with Crippen LogP contribution in [-0.4, -0.2) is 56.1 Å². The molecule has 3 aromatic rings. The van der Waals surface area contributed by atoms with E-state index in [4.69, 9.17) is 9.94 Å². The first-order chi connectivity index (χ1) is 16.8. The van der Waals surface area contributed by atoms with Crippen molar-refractivity contribution in [2.24, 2.45) is 0 Å². The Bertz CT molecular complexity index is 1080. The third kappa shape index (κ3) is 7.81. The molecule has 0 radical (unpaired) electrons. The van der Waals surface area contributed by atoms with Gasteiger partial charge >= 0.3 is 0 Å². The summed E-state index contributed by atoms with van der Waals surface area (Å²) in [6.07, 6.45) is 4.24. The van der Waals surface area contributed by atoms with E-state index in [2.05, 4.69) is 10.1 Å². The number of hydrogen-bond acceptors (Lipinski definition) is 7. The average Bonchev–Trinajstić information content (AvgIpc) is 3.32. The second-order valence-electron chi connectivity index (χ2n) is 8.41.